The fraction of sp³-hybridized carbons (Fsp3) is 0.731. The van der Waals surface area contributed by atoms with Crippen LogP contribution >= 0.6 is 0 Å². The lowest BCUT2D eigenvalue weighted by molar-refractivity contribution is -0.151. The van der Waals surface area contributed by atoms with E-state index in [0.29, 0.717) is 6.61 Å². The summed E-state index contributed by atoms with van der Waals surface area (Å²) in [5, 5.41) is 0. The summed E-state index contributed by atoms with van der Waals surface area (Å²) in [5.74, 6) is 0.488. The molecule has 3 nitrogen and oxygen atoms in total. The van der Waals surface area contributed by atoms with Gasteiger partial charge < -0.3 is 9.47 Å². The quantitative estimate of drug-likeness (QED) is 0.174. The van der Waals surface area contributed by atoms with E-state index in [1.54, 1.807) is 0 Å². The van der Waals surface area contributed by atoms with E-state index in [2.05, 4.69) is 6.92 Å². The number of carbonyl (C=O) groups is 1. The molecular formula is C26H44O3. The topological polar surface area (TPSA) is 35.5 Å². The summed E-state index contributed by atoms with van der Waals surface area (Å²) in [6.07, 6.45) is 18.9. The van der Waals surface area contributed by atoms with E-state index < -0.39 is 6.10 Å². The van der Waals surface area contributed by atoms with Crippen LogP contribution in [0.5, 0.6) is 5.75 Å². The number of esters is 1. The number of rotatable bonds is 19. The molecule has 3 heteroatoms. The summed E-state index contributed by atoms with van der Waals surface area (Å²) in [6.45, 7) is 4.51. The summed E-state index contributed by atoms with van der Waals surface area (Å²) in [6, 6.07) is 9.56. The van der Waals surface area contributed by atoms with Crippen LogP contribution in [0.2, 0.25) is 0 Å². The zero-order chi connectivity index (χ0) is 21.0. The molecule has 1 unspecified atom stereocenters. The Morgan fingerprint density at radius 3 is 1.69 bits per heavy atom. The maximum absolute atomic E-state index is 12.2. The van der Waals surface area contributed by atoms with Crippen molar-refractivity contribution in [1.82, 2.24) is 0 Å². The first-order valence-electron chi connectivity index (χ1n) is 12.2. The summed E-state index contributed by atoms with van der Waals surface area (Å²) < 4.78 is 11.0. The molecule has 0 aromatic heterocycles. The minimum Gasteiger partial charge on any atom is -0.479 e. The summed E-state index contributed by atoms with van der Waals surface area (Å²) in [7, 11) is 0. The average molecular weight is 405 g/mol. The Morgan fingerprint density at radius 2 is 1.21 bits per heavy atom. The normalized spacial score (nSPS) is 11.9. The Balaban J connectivity index is 2.03. The highest BCUT2D eigenvalue weighted by Gasteiger charge is 2.21. The van der Waals surface area contributed by atoms with Crippen molar-refractivity contribution in [2.75, 3.05) is 6.61 Å². The predicted molar refractivity (Wildman–Crippen MR) is 122 cm³/mol. The molecule has 0 saturated carbocycles. The van der Waals surface area contributed by atoms with Gasteiger partial charge in [0.25, 0.3) is 0 Å². The largest absolute Gasteiger partial charge is 0.479 e. The number of carbonyl (C=O) groups excluding carboxylic acids is 1. The molecule has 0 amide bonds. The molecule has 1 aromatic rings. The molecule has 0 spiro atoms. The van der Waals surface area contributed by atoms with E-state index in [4.69, 9.17) is 9.47 Å². The summed E-state index contributed by atoms with van der Waals surface area (Å²) in [5.41, 5.74) is 0. The monoisotopic (exact) mass is 404 g/mol. The van der Waals surface area contributed by atoms with E-state index in [1.165, 1.54) is 77.0 Å². The molecule has 0 aliphatic heterocycles. The number of ether oxygens (including phenoxy) is 2. The molecule has 0 N–H and O–H groups in total. The molecule has 166 valence electrons. The molecule has 0 saturated heterocycles. The van der Waals surface area contributed by atoms with Crippen molar-refractivity contribution in [3.05, 3.63) is 30.3 Å². The van der Waals surface area contributed by atoms with Crippen LogP contribution in [0.1, 0.15) is 110 Å². The average Bonchev–Trinajstić information content (AvgIpc) is 2.74. The molecule has 0 aliphatic rings. The zero-order valence-electron chi connectivity index (χ0n) is 19.0. The van der Waals surface area contributed by atoms with Crippen LogP contribution < -0.4 is 4.74 Å². The predicted octanol–water partition coefficient (Wildman–Crippen LogP) is 7.87. The number of unbranched alkanes of at least 4 members (excludes halogenated alkanes) is 13. The van der Waals surface area contributed by atoms with Gasteiger partial charge in [-0.2, -0.15) is 0 Å². The molecule has 29 heavy (non-hydrogen) atoms. The molecule has 1 atom stereocenters. The van der Waals surface area contributed by atoms with Gasteiger partial charge >= 0.3 is 5.97 Å². The standard InChI is InChI=1S/C26H44O3/c1-3-5-6-7-8-9-10-11-12-13-14-15-16-20-23-25(26(27)28-4-2)29-24-21-18-17-19-22-24/h17-19,21-22,25H,3-16,20,23H2,1-2H3. The van der Waals surface area contributed by atoms with Gasteiger partial charge in [0.15, 0.2) is 6.10 Å². The Kier molecular flexibility index (Phi) is 16.3. The molecular weight excluding hydrogens is 360 g/mol. The highest BCUT2D eigenvalue weighted by atomic mass is 16.6. The van der Waals surface area contributed by atoms with Crippen LogP contribution in [-0.4, -0.2) is 18.7 Å². The molecule has 0 aliphatic carbocycles. The number of para-hydroxylation sites is 1. The van der Waals surface area contributed by atoms with Crippen molar-refractivity contribution in [3.8, 4) is 5.75 Å². The molecule has 1 rings (SSSR count). The highest BCUT2D eigenvalue weighted by Crippen LogP contribution is 2.17. The number of hydrogen-bond acceptors (Lipinski definition) is 3. The lowest BCUT2D eigenvalue weighted by Gasteiger charge is -2.17. The first-order chi connectivity index (χ1) is 14.3. The minimum absolute atomic E-state index is 0.244. The summed E-state index contributed by atoms with van der Waals surface area (Å²) >= 11 is 0. The van der Waals surface area contributed by atoms with Crippen molar-refractivity contribution in [3.63, 3.8) is 0 Å². The second-order valence-electron chi connectivity index (χ2n) is 8.06. The van der Waals surface area contributed by atoms with Crippen molar-refractivity contribution >= 4 is 5.97 Å². The van der Waals surface area contributed by atoms with Gasteiger partial charge in [0.2, 0.25) is 0 Å². The van der Waals surface area contributed by atoms with Crippen LogP contribution in [0.3, 0.4) is 0 Å². The third-order valence-electron chi connectivity index (χ3n) is 5.39. The maximum Gasteiger partial charge on any atom is 0.347 e. The van der Waals surface area contributed by atoms with E-state index in [-0.39, 0.29) is 5.97 Å². The van der Waals surface area contributed by atoms with Crippen molar-refractivity contribution < 1.29 is 14.3 Å². The van der Waals surface area contributed by atoms with Crippen molar-refractivity contribution in [1.29, 1.82) is 0 Å². The van der Waals surface area contributed by atoms with Crippen LogP contribution in [-0.2, 0) is 9.53 Å². The van der Waals surface area contributed by atoms with Crippen LogP contribution in [0.25, 0.3) is 0 Å². The molecule has 1 aromatic carbocycles. The Labute approximate surface area is 179 Å². The minimum atomic E-state index is -0.491. The third kappa shape index (κ3) is 14.2. The molecule has 0 bridgehead atoms. The Morgan fingerprint density at radius 1 is 0.724 bits per heavy atom. The Hall–Kier alpha value is -1.51. The maximum atomic E-state index is 12.2. The van der Waals surface area contributed by atoms with Crippen LogP contribution in [0.15, 0.2) is 30.3 Å². The van der Waals surface area contributed by atoms with Gasteiger partial charge in [0, 0.05) is 0 Å². The lowest BCUT2D eigenvalue weighted by atomic mass is 10.0. The van der Waals surface area contributed by atoms with E-state index in [1.807, 2.05) is 37.3 Å². The van der Waals surface area contributed by atoms with Crippen LogP contribution in [0, 0.1) is 0 Å². The second-order valence-corrected chi connectivity index (χ2v) is 8.06. The first-order valence-corrected chi connectivity index (χ1v) is 12.2. The first kappa shape index (κ1) is 25.5. The van der Waals surface area contributed by atoms with E-state index >= 15 is 0 Å². The number of benzene rings is 1. The number of hydrogen-bond donors (Lipinski definition) is 0. The molecule has 0 heterocycles. The fourth-order valence-corrected chi connectivity index (χ4v) is 3.65. The SMILES string of the molecule is CCCCCCCCCCCCCCCCC(Oc1ccccc1)C(=O)OCC. The van der Waals surface area contributed by atoms with Gasteiger partial charge in [-0.1, -0.05) is 109 Å². The highest BCUT2D eigenvalue weighted by molar-refractivity contribution is 5.75. The van der Waals surface area contributed by atoms with Gasteiger partial charge in [-0.3, -0.25) is 0 Å². The van der Waals surface area contributed by atoms with Gasteiger partial charge in [0.05, 0.1) is 6.61 Å². The van der Waals surface area contributed by atoms with Gasteiger partial charge in [-0.05, 0) is 31.9 Å². The fourth-order valence-electron chi connectivity index (χ4n) is 3.65. The lowest BCUT2D eigenvalue weighted by Crippen LogP contribution is -2.29. The van der Waals surface area contributed by atoms with Gasteiger partial charge in [-0.15, -0.1) is 0 Å². The zero-order valence-corrected chi connectivity index (χ0v) is 19.0. The third-order valence-corrected chi connectivity index (χ3v) is 5.39. The van der Waals surface area contributed by atoms with Crippen molar-refractivity contribution in [2.24, 2.45) is 0 Å². The van der Waals surface area contributed by atoms with Crippen LogP contribution in [0.4, 0.5) is 0 Å². The Bertz CT molecular complexity index is 486. The smallest absolute Gasteiger partial charge is 0.347 e. The molecule has 0 fully saturated rings. The van der Waals surface area contributed by atoms with Gasteiger partial charge in [0.1, 0.15) is 5.75 Å². The summed E-state index contributed by atoms with van der Waals surface area (Å²) in [4.78, 5) is 12.2. The van der Waals surface area contributed by atoms with E-state index in [9.17, 15) is 4.79 Å². The van der Waals surface area contributed by atoms with Gasteiger partial charge in [-0.25, -0.2) is 4.79 Å². The van der Waals surface area contributed by atoms with Crippen molar-refractivity contribution in [2.45, 2.75) is 116 Å². The van der Waals surface area contributed by atoms with E-state index in [0.717, 1.165) is 25.0 Å². The molecule has 0 radical (unpaired) electrons. The second kappa shape index (κ2) is 18.5.